The zero-order chi connectivity index (χ0) is 27.1. The van der Waals surface area contributed by atoms with Crippen LogP contribution in [0.2, 0.25) is 0 Å². The summed E-state index contributed by atoms with van der Waals surface area (Å²) in [6.45, 7) is 8.07. The predicted molar refractivity (Wildman–Crippen MR) is 135 cm³/mol. The first-order chi connectivity index (χ1) is 17.4. The second-order valence-corrected chi connectivity index (χ2v) is 12.3. The van der Waals surface area contributed by atoms with E-state index < -0.39 is 41.8 Å². The monoisotopic (exact) mass is 518 g/mol. The van der Waals surface area contributed by atoms with Gasteiger partial charge in [-0.25, -0.2) is 4.79 Å². The highest BCUT2D eigenvalue weighted by Gasteiger charge is 2.69. The van der Waals surface area contributed by atoms with E-state index in [2.05, 4.69) is 24.5 Å². The van der Waals surface area contributed by atoms with Gasteiger partial charge in [0, 0.05) is 6.54 Å². The molecule has 1 saturated heterocycles. The number of primary amides is 1. The third kappa shape index (κ3) is 5.93. The summed E-state index contributed by atoms with van der Waals surface area (Å²) in [4.78, 5) is 65.9. The van der Waals surface area contributed by atoms with Gasteiger partial charge in [-0.2, -0.15) is 0 Å². The van der Waals surface area contributed by atoms with Crippen molar-refractivity contribution >= 4 is 29.6 Å². The first-order valence-electron chi connectivity index (χ1n) is 13.8. The molecule has 3 unspecified atom stereocenters. The quantitative estimate of drug-likeness (QED) is 0.376. The number of nitrogens with zero attached hydrogens (tertiary/aromatic N) is 1. The van der Waals surface area contributed by atoms with Crippen LogP contribution in [0.1, 0.15) is 79.1 Å². The van der Waals surface area contributed by atoms with Crippen LogP contribution in [-0.4, -0.2) is 65.3 Å². The molecule has 0 bridgehead atoms. The number of rotatable bonds is 10. The van der Waals surface area contributed by atoms with Crippen molar-refractivity contribution in [3.05, 3.63) is 0 Å². The number of carbonyl (C=O) groups excluding carboxylic acids is 5. The standard InChI is InChI=1S/C27H42N4O6/c1-14(2)37-26(36)30-20(16-8-6-5-7-9-16)25(35)31-13-17-19(27(17,3)4)21(31)24(34)29-18(12-15-10-11-15)22(32)23(28)33/h14-21H,5-13H2,1-4H3,(H2,28,33)(H,29,34)(H,30,36)/t17-,18?,19-,20?,21?/m0/s1. The van der Waals surface area contributed by atoms with Crippen molar-refractivity contribution in [1.29, 1.82) is 0 Å². The number of carbonyl (C=O) groups is 5. The van der Waals surface area contributed by atoms with Crippen LogP contribution >= 0.6 is 0 Å². The van der Waals surface area contributed by atoms with Gasteiger partial charge in [0.05, 0.1) is 12.1 Å². The second kappa shape index (κ2) is 10.6. The van der Waals surface area contributed by atoms with E-state index in [0.717, 1.165) is 44.9 Å². The molecule has 4 fully saturated rings. The molecule has 37 heavy (non-hydrogen) atoms. The minimum atomic E-state index is -1.07. The number of nitrogens with one attached hydrogen (secondary N) is 2. The maximum absolute atomic E-state index is 14.0. The molecular formula is C27H42N4O6. The van der Waals surface area contributed by atoms with Crippen molar-refractivity contribution < 1.29 is 28.7 Å². The van der Waals surface area contributed by atoms with Gasteiger partial charge in [0.25, 0.3) is 5.91 Å². The Kier molecular flexibility index (Phi) is 7.85. The number of alkyl carbamates (subject to hydrolysis) is 1. The summed E-state index contributed by atoms with van der Waals surface area (Å²) in [5, 5.41) is 5.59. The van der Waals surface area contributed by atoms with E-state index in [1.165, 1.54) is 0 Å². The van der Waals surface area contributed by atoms with E-state index in [9.17, 15) is 24.0 Å². The SMILES string of the molecule is CC(C)OC(=O)NC(C(=O)N1C[C@H]2[C@@H](C1C(=O)NC(CC1CC1)C(=O)C(N)=O)C2(C)C)C1CCCCC1. The smallest absolute Gasteiger partial charge is 0.408 e. The predicted octanol–water partition coefficient (Wildman–Crippen LogP) is 1.89. The van der Waals surface area contributed by atoms with Crippen LogP contribution in [0, 0.1) is 29.1 Å². The fourth-order valence-electron chi connectivity index (χ4n) is 6.56. The summed E-state index contributed by atoms with van der Waals surface area (Å²) in [5.74, 6) is -2.25. The Morgan fingerprint density at radius 2 is 1.65 bits per heavy atom. The van der Waals surface area contributed by atoms with Gasteiger partial charge in [-0.1, -0.05) is 46.0 Å². The van der Waals surface area contributed by atoms with E-state index in [4.69, 9.17) is 10.5 Å². The van der Waals surface area contributed by atoms with Crippen LogP contribution in [-0.2, 0) is 23.9 Å². The largest absolute Gasteiger partial charge is 0.447 e. The van der Waals surface area contributed by atoms with Crippen LogP contribution in [0.4, 0.5) is 4.79 Å². The molecule has 3 aliphatic carbocycles. The second-order valence-electron chi connectivity index (χ2n) is 12.3. The first-order valence-corrected chi connectivity index (χ1v) is 13.8. The fraction of sp³-hybridized carbons (Fsp3) is 0.815. The lowest BCUT2D eigenvalue weighted by molar-refractivity contribution is -0.144. The zero-order valence-electron chi connectivity index (χ0n) is 22.5. The zero-order valence-corrected chi connectivity index (χ0v) is 22.5. The molecule has 3 saturated carbocycles. The third-order valence-electron chi connectivity index (χ3n) is 8.91. The minimum absolute atomic E-state index is 0.0336. The summed E-state index contributed by atoms with van der Waals surface area (Å²) in [6, 6.07) is -2.54. The number of hydrogen-bond acceptors (Lipinski definition) is 6. The molecule has 10 nitrogen and oxygen atoms in total. The first kappa shape index (κ1) is 27.4. The lowest BCUT2D eigenvalue weighted by Crippen LogP contribution is -2.59. The molecule has 4 amide bonds. The molecule has 4 aliphatic rings. The van der Waals surface area contributed by atoms with Crippen LogP contribution in [0.15, 0.2) is 0 Å². The maximum Gasteiger partial charge on any atom is 0.408 e. The van der Waals surface area contributed by atoms with Crippen molar-refractivity contribution in [3.8, 4) is 0 Å². The fourth-order valence-corrected chi connectivity index (χ4v) is 6.56. The number of ketones is 1. The van der Waals surface area contributed by atoms with Gasteiger partial charge in [-0.05, 0) is 62.2 Å². The summed E-state index contributed by atoms with van der Waals surface area (Å²) >= 11 is 0. The molecule has 4 N–H and O–H groups in total. The van der Waals surface area contributed by atoms with Crippen LogP contribution in [0.5, 0.6) is 0 Å². The molecule has 0 aromatic heterocycles. The highest BCUT2D eigenvalue weighted by atomic mass is 16.6. The Balaban J connectivity index is 1.55. The Hall–Kier alpha value is -2.65. The van der Waals surface area contributed by atoms with E-state index in [-0.39, 0.29) is 41.1 Å². The van der Waals surface area contributed by atoms with E-state index >= 15 is 0 Å². The molecule has 1 aliphatic heterocycles. The lowest BCUT2D eigenvalue weighted by Gasteiger charge is -2.37. The molecule has 0 aromatic carbocycles. The van der Waals surface area contributed by atoms with E-state index in [1.807, 2.05) is 0 Å². The molecular weight excluding hydrogens is 476 g/mol. The summed E-state index contributed by atoms with van der Waals surface area (Å²) in [5.41, 5.74) is 5.14. The highest BCUT2D eigenvalue weighted by Crippen LogP contribution is 2.65. The van der Waals surface area contributed by atoms with Gasteiger partial charge >= 0.3 is 6.09 Å². The number of nitrogens with two attached hydrogens (primary N) is 1. The van der Waals surface area contributed by atoms with Gasteiger partial charge in [0.2, 0.25) is 17.6 Å². The number of likely N-dealkylation sites (tertiary alicyclic amines) is 1. The van der Waals surface area contributed by atoms with Crippen LogP contribution in [0.25, 0.3) is 0 Å². The molecule has 206 valence electrons. The average Bonchev–Trinajstić information content (AvgIpc) is 3.68. The summed E-state index contributed by atoms with van der Waals surface area (Å²) < 4.78 is 5.28. The average molecular weight is 519 g/mol. The van der Waals surface area contributed by atoms with Crippen molar-refractivity contribution in [2.45, 2.75) is 103 Å². The molecule has 0 spiro atoms. The van der Waals surface area contributed by atoms with Crippen molar-refractivity contribution in [2.75, 3.05) is 6.54 Å². The van der Waals surface area contributed by atoms with Crippen molar-refractivity contribution in [3.63, 3.8) is 0 Å². The highest BCUT2D eigenvalue weighted by molar-refractivity contribution is 6.37. The lowest BCUT2D eigenvalue weighted by atomic mass is 9.83. The maximum atomic E-state index is 14.0. The number of fused-ring (bicyclic) bond motifs is 1. The number of ether oxygens (including phenoxy) is 1. The topological polar surface area (TPSA) is 148 Å². The molecule has 0 radical (unpaired) electrons. The summed E-state index contributed by atoms with van der Waals surface area (Å²) in [6.07, 6.45) is 6.00. The van der Waals surface area contributed by atoms with Gasteiger partial charge in [-0.3, -0.25) is 19.2 Å². The Morgan fingerprint density at radius 3 is 2.22 bits per heavy atom. The molecule has 4 rings (SSSR count). The van der Waals surface area contributed by atoms with E-state index in [0.29, 0.717) is 13.0 Å². The number of piperidine rings is 1. The molecule has 0 aromatic rings. The Morgan fingerprint density at radius 1 is 1.00 bits per heavy atom. The summed E-state index contributed by atoms with van der Waals surface area (Å²) in [7, 11) is 0. The Bertz CT molecular complexity index is 939. The molecule has 10 heteroatoms. The van der Waals surface area contributed by atoms with Crippen molar-refractivity contribution in [1.82, 2.24) is 15.5 Å². The van der Waals surface area contributed by atoms with Gasteiger partial charge in [-0.15, -0.1) is 0 Å². The van der Waals surface area contributed by atoms with Gasteiger partial charge in [0.15, 0.2) is 0 Å². The third-order valence-corrected chi connectivity index (χ3v) is 8.91. The van der Waals surface area contributed by atoms with Gasteiger partial charge in [0.1, 0.15) is 12.1 Å². The van der Waals surface area contributed by atoms with Crippen LogP contribution < -0.4 is 16.4 Å². The van der Waals surface area contributed by atoms with Crippen LogP contribution in [0.3, 0.4) is 0 Å². The molecule has 5 atom stereocenters. The molecule has 1 heterocycles. The van der Waals surface area contributed by atoms with E-state index in [1.54, 1.807) is 18.7 Å². The Labute approximate surface area is 218 Å². The van der Waals surface area contributed by atoms with Crippen molar-refractivity contribution in [2.24, 2.45) is 34.8 Å². The minimum Gasteiger partial charge on any atom is -0.447 e. The normalized spacial score (nSPS) is 28.1. The number of hydrogen-bond donors (Lipinski definition) is 3. The number of amides is 4. The van der Waals surface area contributed by atoms with Gasteiger partial charge < -0.3 is 26.0 Å². The number of Topliss-reactive ketones (excluding diaryl/α,β-unsaturated/α-hetero) is 1.